The molecule has 0 fully saturated rings. The van der Waals surface area contributed by atoms with Crippen LogP contribution in [-0.2, 0) is 6.42 Å². The van der Waals surface area contributed by atoms with Gasteiger partial charge < -0.3 is 4.42 Å². The number of ketones is 1. The van der Waals surface area contributed by atoms with Crippen LogP contribution in [-0.4, -0.2) is 5.78 Å². The lowest BCUT2D eigenvalue weighted by molar-refractivity contribution is 0.0965. The predicted molar refractivity (Wildman–Crippen MR) is 47.0 cm³/mol. The van der Waals surface area contributed by atoms with Gasteiger partial charge in [0.25, 0.3) is 0 Å². The van der Waals surface area contributed by atoms with Crippen molar-refractivity contribution >= 4 is 5.78 Å². The van der Waals surface area contributed by atoms with E-state index in [2.05, 4.69) is 0 Å². The molecule has 0 radical (unpaired) electrons. The molecule has 1 aromatic rings. The van der Waals surface area contributed by atoms with Gasteiger partial charge in [0.05, 0.1) is 0 Å². The second kappa shape index (κ2) is 3.11. The van der Waals surface area contributed by atoms with E-state index in [9.17, 15) is 9.59 Å². The smallest absolute Gasteiger partial charge is 0.213 e. The highest BCUT2D eigenvalue weighted by Gasteiger charge is 2.23. The number of hydrogen-bond donors (Lipinski definition) is 0. The summed E-state index contributed by atoms with van der Waals surface area (Å²) in [6, 6.07) is 1.71. The van der Waals surface area contributed by atoms with Crippen molar-refractivity contribution in [1.82, 2.24) is 0 Å². The number of fused-ring (bicyclic) bond motifs is 1. The molecule has 70 valence electrons. The van der Waals surface area contributed by atoms with Gasteiger partial charge in [-0.3, -0.25) is 9.59 Å². The highest BCUT2D eigenvalue weighted by atomic mass is 16.3. The van der Waals surface area contributed by atoms with Crippen molar-refractivity contribution in [3.05, 3.63) is 33.4 Å². The second-order valence-corrected chi connectivity index (χ2v) is 3.17. The molecular formula is C10H7NO3. The molecule has 4 heteroatoms. The molecule has 1 aliphatic rings. The van der Waals surface area contributed by atoms with Crippen molar-refractivity contribution in [3.63, 3.8) is 0 Å². The Morgan fingerprint density at radius 3 is 2.86 bits per heavy atom. The van der Waals surface area contributed by atoms with E-state index < -0.39 is 5.43 Å². The minimum atomic E-state index is -0.488. The summed E-state index contributed by atoms with van der Waals surface area (Å²) in [4.78, 5) is 23.0. The average Bonchev–Trinajstić information content (AvgIpc) is 2.18. The van der Waals surface area contributed by atoms with E-state index in [-0.39, 0.29) is 16.9 Å². The molecule has 0 spiro atoms. The van der Waals surface area contributed by atoms with Crippen LogP contribution in [0.15, 0.2) is 15.5 Å². The largest absolute Gasteiger partial charge is 0.467 e. The number of nitrogens with zero attached hydrogens (tertiary/aromatic N) is 1. The monoisotopic (exact) mass is 189 g/mol. The Kier molecular flexibility index (Phi) is 1.93. The van der Waals surface area contributed by atoms with E-state index >= 15 is 0 Å². The maximum Gasteiger partial charge on any atom is 0.213 e. The highest BCUT2D eigenvalue weighted by Crippen LogP contribution is 2.18. The molecule has 0 saturated carbocycles. The van der Waals surface area contributed by atoms with Gasteiger partial charge in [0.15, 0.2) is 5.78 Å². The molecule has 0 saturated heterocycles. The van der Waals surface area contributed by atoms with Crippen molar-refractivity contribution in [2.75, 3.05) is 0 Å². The van der Waals surface area contributed by atoms with Crippen molar-refractivity contribution < 1.29 is 9.21 Å². The van der Waals surface area contributed by atoms with Crippen LogP contribution in [0.25, 0.3) is 0 Å². The molecule has 0 N–H and O–H groups in total. The molecule has 0 aromatic carbocycles. The van der Waals surface area contributed by atoms with Crippen LogP contribution in [0.2, 0.25) is 0 Å². The Morgan fingerprint density at radius 1 is 1.36 bits per heavy atom. The van der Waals surface area contributed by atoms with E-state index in [1.165, 1.54) is 0 Å². The Labute approximate surface area is 79.8 Å². The van der Waals surface area contributed by atoms with Gasteiger partial charge in [0.1, 0.15) is 29.2 Å². The minimum Gasteiger partial charge on any atom is -0.467 e. The zero-order chi connectivity index (χ0) is 10.1. The molecule has 0 bridgehead atoms. The van der Waals surface area contributed by atoms with Gasteiger partial charge in [-0.2, -0.15) is 5.26 Å². The third kappa shape index (κ3) is 1.14. The van der Waals surface area contributed by atoms with Crippen molar-refractivity contribution in [2.45, 2.75) is 19.3 Å². The fourth-order valence-corrected chi connectivity index (χ4v) is 1.58. The van der Waals surface area contributed by atoms with Gasteiger partial charge in [0, 0.05) is 12.8 Å². The summed E-state index contributed by atoms with van der Waals surface area (Å²) >= 11 is 0. The molecule has 1 aromatic heterocycles. The van der Waals surface area contributed by atoms with Gasteiger partial charge >= 0.3 is 0 Å². The first-order valence-electron chi connectivity index (χ1n) is 4.32. The van der Waals surface area contributed by atoms with Crippen LogP contribution in [0.5, 0.6) is 0 Å². The van der Waals surface area contributed by atoms with E-state index in [0.29, 0.717) is 25.0 Å². The number of hydrogen-bond acceptors (Lipinski definition) is 4. The molecule has 1 heterocycles. The maximum atomic E-state index is 11.6. The van der Waals surface area contributed by atoms with E-state index in [1.807, 2.05) is 0 Å². The summed E-state index contributed by atoms with van der Waals surface area (Å²) in [5.74, 6) is 0.211. The van der Waals surface area contributed by atoms with Crippen LogP contribution in [0.4, 0.5) is 0 Å². The molecular weight excluding hydrogens is 182 g/mol. The second-order valence-electron chi connectivity index (χ2n) is 3.17. The Balaban J connectivity index is 2.74. The third-order valence-corrected chi connectivity index (χ3v) is 2.28. The van der Waals surface area contributed by atoms with Crippen LogP contribution < -0.4 is 5.43 Å². The molecule has 1 aliphatic carbocycles. The van der Waals surface area contributed by atoms with Gasteiger partial charge in [0.2, 0.25) is 5.43 Å². The van der Waals surface area contributed by atoms with Gasteiger partial charge in [-0.25, -0.2) is 0 Å². The van der Waals surface area contributed by atoms with Crippen LogP contribution >= 0.6 is 0 Å². The highest BCUT2D eigenvalue weighted by molar-refractivity contribution is 5.97. The minimum absolute atomic E-state index is 0.0790. The van der Waals surface area contributed by atoms with Crippen molar-refractivity contribution in [1.29, 1.82) is 5.26 Å². The number of nitriles is 1. The lowest BCUT2D eigenvalue weighted by Crippen LogP contribution is -2.23. The summed E-state index contributed by atoms with van der Waals surface area (Å²) < 4.78 is 5.08. The molecule has 0 aliphatic heterocycles. The van der Waals surface area contributed by atoms with E-state index in [4.69, 9.17) is 9.68 Å². The predicted octanol–water partition coefficient (Wildman–Crippen LogP) is 1.03. The standard InChI is InChI=1S/C10H7NO3/c11-4-6-5-14-8-3-1-2-7(12)9(8)10(6)13/h5H,1-3H2. The van der Waals surface area contributed by atoms with Crippen LogP contribution in [0, 0.1) is 11.3 Å². The summed E-state index contributed by atoms with van der Waals surface area (Å²) in [5, 5.41) is 8.58. The molecule has 14 heavy (non-hydrogen) atoms. The van der Waals surface area contributed by atoms with Crippen molar-refractivity contribution in [3.8, 4) is 6.07 Å². The zero-order valence-corrected chi connectivity index (χ0v) is 7.37. The lowest BCUT2D eigenvalue weighted by Gasteiger charge is -2.11. The van der Waals surface area contributed by atoms with Gasteiger partial charge in [-0.05, 0) is 6.42 Å². The normalized spacial score (nSPS) is 14.6. The summed E-state index contributed by atoms with van der Waals surface area (Å²) in [6.07, 6.45) is 2.80. The van der Waals surface area contributed by atoms with Crippen LogP contribution in [0.1, 0.15) is 34.5 Å². The number of carbonyl (C=O) groups is 1. The Hall–Kier alpha value is -1.89. The molecule has 0 atom stereocenters. The summed E-state index contributed by atoms with van der Waals surface area (Å²) in [6.45, 7) is 0. The third-order valence-electron chi connectivity index (χ3n) is 2.28. The fraction of sp³-hybridized carbons (Fsp3) is 0.300. The molecule has 0 amide bonds. The quantitative estimate of drug-likeness (QED) is 0.611. The van der Waals surface area contributed by atoms with Crippen LogP contribution in [0.3, 0.4) is 0 Å². The number of aryl methyl sites for hydroxylation is 1. The van der Waals surface area contributed by atoms with E-state index in [1.54, 1.807) is 6.07 Å². The first-order chi connectivity index (χ1) is 6.74. The van der Waals surface area contributed by atoms with Crippen molar-refractivity contribution in [2.24, 2.45) is 0 Å². The number of rotatable bonds is 0. The molecule has 2 rings (SSSR count). The first kappa shape index (κ1) is 8.70. The average molecular weight is 189 g/mol. The maximum absolute atomic E-state index is 11.6. The topological polar surface area (TPSA) is 71.1 Å². The first-order valence-corrected chi connectivity index (χ1v) is 4.32. The van der Waals surface area contributed by atoms with E-state index in [0.717, 1.165) is 6.26 Å². The van der Waals surface area contributed by atoms with Gasteiger partial charge in [-0.15, -0.1) is 0 Å². The van der Waals surface area contributed by atoms with Gasteiger partial charge in [-0.1, -0.05) is 0 Å². The fourth-order valence-electron chi connectivity index (χ4n) is 1.58. The Morgan fingerprint density at radius 2 is 2.14 bits per heavy atom. The summed E-state index contributed by atoms with van der Waals surface area (Å²) in [7, 11) is 0. The molecule has 0 unspecified atom stereocenters. The number of carbonyl (C=O) groups excluding carboxylic acids is 1. The summed E-state index contributed by atoms with van der Waals surface area (Å²) in [5.41, 5.74) is -0.507. The SMILES string of the molecule is N#Cc1coc2c(c1=O)C(=O)CCC2. The lowest BCUT2D eigenvalue weighted by atomic mass is 9.95. The Bertz CT molecular complexity index is 493. The molecule has 4 nitrogen and oxygen atoms in total. The zero-order valence-electron chi connectivity index (χ0n) is 7.37. The number of Topliss-reactive ketones (excluding diaryl/α,β-unsaturated/α-hetero) is 1.